The zero-order chi connectivity index (χ0) is 16.5. The van der Waals surface area contributed by atoms with E-state index >= 15 is 0 Å². The molecule has 1 N–H and O–H groups in total. The number of imide groups is 1. The van der Waals surface area contributed by atoms with Gasteiger partial charge in [0.2, 0.25) is 11.8 Å². The van der Waals surface area contributed by atoms with Crippen LogP contribution in [0, 0.1) is 23.7 Å². The van der Waals surface area contributed by atoms with Gasteiger partial charge in [-0.2, -0.15) is 0 Å². The molecule has 4 rings (SSSR count). The topological polar surface area (TPSA) is 74.7 Å². The fraction of sp³-hybridized carbons (Fsp3) is 0.438. The molecule has 1 saturated heterocycles. The van der Waals surface area contributed by atoms with Crippen LogP contribution in [0.4, 0.5) is 5.69 Å². The molecule has 1 heterocycles. The summed E-state index contributed by atoms with van der Waals surface area (Å²) in [6.07, 6.45) is 0.877. The molecule has 2 unspecified atom stereocenters. The Morgan fingerprint density at radius 1 is 1.09 bits per heavy atom. The zero-order valence-electron chi connectivity index (χ0n) is 11.9. The number of carboxylic acid groups (broad SMARTS) is 1. The molecule has 5 nitrogen and oxygen atoms in total. The van der Waals surface area contributed by atoms with E-state index in [1.165, 1.54) is 17.0 Å². The second-order valence-electron chi connectivity index (χ2n) is 6.37. The number of alkyl halides is 2. The van der Waals surface area contributed by atoms with Gasteiger partial charge >= 0.3 is 5.97 Å². The molecule has 1 aliphatic heterocycles. The number of anilines is 1. The summed E-state index contributed by atoms with van der Waals surface area (Å²) < 4.78 is 0. The first-order chi connectivity index (χ1) is 10.9. The van der Waals surface area contributed by atoms with Crippen LogP contribution >= 0.6 is 31.9 Å². The highest BCUT2D eigenvalue weighted by Gasteiger charge is 2.66. The molecule has 1 aromatic carbocycles. The predicted octanol–water partition coefficient (Wildman–Crippen LogP) is 2.67. The SMILES string of the molecule is O=C(O)c1cccc(N2C(=O)[C@@H]3[C@H](C2=O)[C@@H]2C[C@H]3C(Br)C2Br)c1. The van der Waals surface area contributed by atoms with E-state index in [0.717, 1.165) is 6.42 Å². The smallest absolute Gasteiger partial charge is 0.335 e. The lowest BCUT2D eigenvalue weighted by atomic mass is 9.81. The van der Waals surface area contributed by atoms with Gasteiger partial charge in [-0.1, -0.05) is 37.9 Å². The minimum absolute atomic E-state index is 0.0693. The summed E-state index contributed by atoms with van der Waals surface area (Å²) in [5.41, 5.74) is 0.422. The van der Waals surface area contributed by atoms with E-state index in [-0.39, 0.29) is 50.7 Å². The Morgan fingerprint density at radius 2 is 1.65 bits per heavy atom. The lowest BCUT2D eigenvalue weighted by Crippen LogP contribution is -2.37. The van der Waals surface area contributed by atoms with E-state index in [2.05, 4.69) is 31.9 Å². The number of carbonyl (C=O) groups excluding carboxylic acids is 2. The maximum Gasteiger partial charge on any atom is 0.335 e. The van der Waals surface area contributed by atoms with Crippen molar-refractivity contribution in [3.05, 3.63) is 29.8 Å². The molecule has 0 spiro atoms. The number of halogens is 2. The van der Waals surface area contributed by atoms with Crippen molar-refractivity contribution in [1.29, 1.82) is 0 Å². The number of hydrogen-bond donors (Lipinski definition) is 1. The maximum absolute atomic E-state index is 12.8. The first-order valence-electron chi connectivity index (χ1n) is 7.41. The third-order valence-electron chi connectivity index (χ3n) is 5.34. The maximum atomic E-state index is 12.8. The van der Waals surface area contributed by atoms with Crippen molar-refractivity contribution in [3.63, 3.8) is 0 Å². The van der Waals surface area contributed by atoms with Crippen LogP contribution in [0.1, 0.15) is 16.8 Å². The van der Waals surface area contributed by atoms with Crippen LogP contribution in [0.15, 0.2) is 24.3 Å². The Morgan fingerprint density at radius 3 is 2.17 bits per heavy atom. The normalized spacial score (nSPS) is 38.3. The lowest BCUT2D eigenvalue weighted by molar-refractivity contribution is -0.123. The summed E-state index contributed by atoms with van der Waals surface area (Å²) in [6, 6.07) is 6.01. The van der Waals surface area contributed by atoms with Crippen molar-refractivity contribution in [2.75, 3.05) is 4.90 Å². The Hall–Kier alpha value is -1.21. The van der Waals surface area contributed by atoms with E-state index < -0.39 is 5.97 Å². The second kappa shape index (κ2) is 5.14. The fourth-order valence-corrected chi connectivity index (χ4v) is 6.25. The molecule has 120 valence electrons. The van der Waals surface area contributed by atoms with E-state index in [9.17, 15) is 14.4 Å². The van der Waals surface area contributed by atoms with Gasteiger partial charge in [-0.3, -0.25) is 14.5 Å². The number of benzene rings is 1. The summed E-state index contributed by atoms with van der Waals surface area (Å²) >= 11 is 7.29. The van der Waals surface area contributed by atoms with Crippen molar-refractivity contribution < 1.29 is 19.5 Å². The van der Waals surface area contributed by atoms with E-state index in [0.29, 0.717) is 5.69 Å². The molecule has 0 radical (unpaired) electrons. The predicted molar refractivity (Wildman–Crippen MR) is 89.9 cm³/mol. The summed E-state index contributed by atoms with van der Waals surface area (Å²) in [4.78, 5) is 38.4. The van der Waals surface area contributed by atoms with Gasteiger partial charge in [0.15, 0.2) is 0 Å². The van der Waals surface area contributed by atoms with E-state index in [1.807, 2.05) is 0 Å². The first kappa shape index (κ1) is 15.3. The zero-order valence-corrected chi connectivity index (χ0v) is 15.0. The number of carboxylic acids is 1. The van der Waals surface area contributed by atoms with Crippen LogP contribution < -0.4 is 4.90 Å². The standard InChI is InChI=1S/C16H13Br2NO4/c17-12-8-5-9(13(12)18)11-10(8)14(20)19(15(11)21)7-3-1-2-6(4-7)16(22)23/h1-4,8-13H,5H2,(H,22,23)/t8-,9+,10+,11-,12?,13?. The lowest BCUT2D eigenvalue weighted by Gasteiger charge is -2.28. The van der Waals surface area contributed by atoms with Gasteiger partial charge in [0, 0.05) is 9.65 Å². The summed E-state index contributed by atoms with van der Waals surface area (Å²) in [7, 11) is 0. The van der Waals surface area contributed by atoms with Gasteiger partial charge in [0.25, 0.3) is 0 Å². The van der Waals surface area contributed by atoms with Crippen molar-refractivity contribution in [2.45, 2.75) is 16.1 Å². The average molecular weight is 443 g/mol. The molecule has 2 amide bonds. The highest BCUT2D eigenvalue weighted by molar-refractivity contribution is 9.12. The average Bonchev–Trinajstić information content (AvgIpc) is 3.12. The molecular weight excluding hydrogens is 430 g/mol. The second-order valence-corrected chi connectivity index (χ2v) is 8.49. The van der Waals surface area contributed by atoms with Crippen LogP contribution in [-0.4, -0.2) is 32.5 Å². The van der Waals surface area contributed by atoms with Crippen molar-refractivity contribution >= 4 is 55.3 Å². The number of aromatic carboxylic acids is 1. The van der Waals surface area contributed by atoms with Crippen molar-refractivity contribution in [1.82, 2.24) is 0 Å². The van der Waals surface area contributed by atoms with Crippen molar-refractivity contribution in [3.8, 4) is 0 Å². The van der Waals surface area contributed by atoms with Gasteiger partial charge in [-0.25, -0.2) is 4.79 Å². The minimum Gasteiger partial charge on any atom is -0.478 e. The Labute approximate surface area is 149 Å². The Balaban J connectivity index is 1.73. The first-order valence-corrected chi connectivity index (χ1v) is 9.24. The number of rotatable bonds is 2. The fourth-order valence-electron chi connectivity index (χ4n) is 4.38. The Kier molecular flexibility index (Phi) is 3.43. The molecule has 2 saturated carbocycles. The summed E-state index contributed by atoms with van der Waals surface area (Å²) in [6.45, 7) is 0. The molecule has 7 heteroatoms. The minimum atomic E-state index is -1.08. The van der Waals surface area contributed by atoms with Gasteiger partial charge < -0.3 is 5.11 Å². The largest absolute Gasteiger partial charge is 0.478 e. The molecule has 2 bridgehead atoms. The van der Waals surface area contributed by atoms with Crippen LogP contribution in [-0.2, 0) is 9.59 Å². The molecule has 2 aliphatic carbocycles. The molecule has 3 fully saturated rings. The number of nitrogens with zero attached hydrogens (tertiary/aromatic N) is 1. The summed E-state index contributed by atoms with van der Waals surface area (Å²) in [5.74, 6) is -1.75. The highest BCUT2D eigenvalue weighted by atomic mass is 79.9. The van der Waals surface area contributed by atoms with Gasteiger partial charge in [-0.15, -0.1) is 0 Å². The van der Waals surface area contributed by atoms with Gasteiger partial charge in [0.05, 0.1) is 23.1 Å². The van der Waals surface area contributed by atoms with Crippen LogP contribution in [0.3, 0.4) is 0 Å². The van der Waals surface area contributed by atoms with Gasteiger partial charge in [-0.05, 0) is 36.5 Å². The van der Waals surface area contributed by atoms with Gasteiger partial charge in [0.1, 0.15) is 0 Å². The molecule has 0 aromatic heterocycles. The molecule has 1 aromatic rings. The van der Waals surface area contributed by atoms with Crippen LogP contribution in [0.25, 0.3) is 0 Å². The highest BCUT2D eigenvalue weighted by Crippen LogP contribution is 2.60. The molecular formula is C16H13Br2NO4. The Bertz CT molecular complexity index is 705. The van der Waals surface area contributed by atoms with E-state index in [1.54, 1.807) is 12.1 Å². The van der Waals surface area contributed by atoms with Crippen molar-refractivity contribution in [2.24, 2.45) is 23.7 Å². The number of hydrogen-bond acceptors (Lipinski definition) is 3. The quantitative estimate of drug-likeness (QED) is 0.564. The molecule has 6 atom stereocenters. The third-order valence-corrected chi connectivity index (χ3v) is 8.55. The number of fused-ring (bicyclic) bond motifs is 5. The third kappa shape index (κ3) is 1.99. The van der Waals surface area contributed by atoms with Crippen LogP contribution in [0.5, 0.6) is 0 Å². The number of amides is 2. The van der Waals surface area contributed by atoms with E-state index in [4.69, 9.17) is 5.11 Å². The summed E-state index contributed by atoms with van der Waals surface area (Å²) in [5, 5.41) is 9.11. The number of carbonyl (C=O) groups is 3. The van der Waals surface area contributed by atoms with Crippen LogP contribution in [0.2, 0.25) is 0 Å². The molecule has 3 aliphatic rings. The monoisotopic (exact) mass is 441 g/mol. The molecule has 23 heavy (non-hydrogen) atoms.